The number of carbonyl (C=O) groups is 1. The summed E-state index contributed by atoms with van der Waals surface area (Å²) in [5, 5.41) is 0.666. The van der Waals surface area contributed by atoms with Crippen LogP contribution in [-0.4, -0.2) is 19.7 Å². The van der Waals surface area contributed by atoms with Crippen LogP contribution in [0.5, 0.6) is 5.75 Å². The summed E-state index contributed by atoms with van der Waals surface area (Å²) in [6, 6.07) is 5.51. The van der Waals surface area contributed by atoms with Gasteiger partial charge in [-0.2, -0.15) is 0 Å². The van der Waals surface area contributed by atoms with Gasteiger partial charge in [-0.15, -0.1) is 0 Å². The highest BCUT2D eigenvalue weighted by atomic mass is 35.5. The van der Waals surface area contributed by atoms with Crippen LogP contribution in [0.1, 0.15) is 24.3 Å². The van der Waals surface area contributed by atoms with E-state index < -0.39 is 0 Å². The van der Waals surface area contributed by atoms with Crippen LogP contribution in [0.15, 0.2) is 18.2 Å². The van der Waals surface area contributed by atoms with E-state index in [1.54, 1.807) is 6.07 Å². The molecule has 86 valence electrons. The zero-order chi connectivity index (χ0) is 11.5. The smallest absolute Gasteiger partial charge is 0.306 e. The third kappa shape index (κ3) is 2.30. The Kier molecular flexibility index (Phi) is 3.34. The molecule has 0 bridgehead atoms. The van der Waals surface area contributed by atoms with Crippen LogP contribution >= 0.6 is 11.6 Å². The van der Waals surface area contributed by atoms with E-state index in [0.29, 0.717) is 18.1 Å². The first kappa shape index (κ1) is 11.3. The number of esters is 1. The molecule has 0 saturated carbocycles. The SMILES string of the molecule is COC(=O)CC1CCOc2ccc(Cl)cc21. The molecule has 1 unspecified atom stereocenters. The Labute approximate surface area is 99.3 Å². The number of methoxy groups -OCH3 is 1. The second-order valence-electron chi connectivity index (χ2n) is 3.80. The molecule has 0 saturated heterocycles. The fraction of sp³-hybridized carbons (Fsp3) is 0.417. The molecule has 0 amide bonds. The third-order valence-corrected chi connectivity index (χ3v) is 3.01. The Morgan fingerprint density at radius 1 is 1.62 bits per heavy atom. The number of hydrogen-bond acceptors (Lipinski definition) is 3. The van der Waals surface area contributed by atoms with E-state index in [1.165, 1.54) is 7.11 Å². The molecule has 0 aliphatic carbocycles. The zero-order valence-electron chi connectivity index (χ0n) is 9.03. The maximum atomic E-state index is 11.3. The lowest BCUT2D eigenvalue weighted by atomic mass is 9.90. The van der Waals surface area contributed by atoms with Crippen LogP contribution < -0.4 is 4.74 Å². The predicted octanol–water partition coefficient (Wildman–Crippen LogP) is 2.77. The molecular weight excluding hydrogens is 228 g/mol. The Hall–Kier alpha value is -1.22. The molecule has 1 aliphatic heterocycles. The van der Waals surface area contributed by atoms with Gasteiger partial charge in [0.1, 0.15) is 5.75 Å². The average Bonchev–Trinajstić information content (AvgIpc) is 2.29. The maximum Gasteiger partial charge on any atom is 0.306 e. The summed E-state index contributed by atoms with van der Waals surface area (Å²) < 4.78 is 10.2. The summed E-state index contributed by atoms with van der Waals surface area (Å²) in [6.07, 6.45) is 1.20. The number of rotatable bonds is 2. The summed E-state index contributed by atoms with van der Waals surface area (Å²) in [5.74, 6) is 0.775. The lowest BCUT2D eigenvalue weighted by molar-refractivity contribution is -0.141. The highest BCUT2D eigenvalue weighted by molar-refractivity contribution is 6.30. The number of ether oxygens (including phenoxy) is 2. The average molecular weight is 241 g/mol. The van der Waals surface area contributed by atoms with Crippen molar-refractivity contribution in [1.29, 1.82) is 0 Å². The molecule has 0 spiro atoms. The van der Waals surface area contributed by atoms with Gasteiger partial charge in [-0.1, -0.05) is 11.6 Å². The number of fused-ring (bicyclic) bond motifs is 1. The van der Waals surface area contributed by atoms with Crippen molar-refractivity contribution in [3.8, 4) is 5.75 Å². The van der Waals surface area contributed by atoms with E-state index in [-0.39, 0.29) is 11.9 Å². The largest absolute Gasteiger partial charge is 0.493 e. The molecule has 1 aromatic rings. The monoisotopic (exact) mass is 240 g/mol. The number of hydrogen-bond donors (Lipinski definition) is 0. The number of carbonyl (C=O) groups excluding carboxylic acids is 1. The van der Waals surface area contributed by atoms with E-state index in [2.05, 4.69) is 4.74 Å². The first-order valence-corrected chi connectivity index (χ1v) is 5.57. The van der Waals surface area contributed by atoms with Crippen LogP contribution in [0.3, 0.4) is 0 Å². The highest BCUT2D eigenvalue weighted by Gasteiger charge is 2.24. The highest BCUT2D eigenvalue weighted by Crippen LogP contribution is 2.37. The molecule has 0 aromatic heterocycles. The molecule has 0 fully saturated rings. The third-order valence-electron chi connectivity index (χ3n) is 2.78. The van der Waals surface area contributed by atoms with Crippen molar-refractivity contribution in [2.24, 2.45) is 0 Å². The fourth-order valence-electron chi connectivity index (χ4n) is 1.93. The van der Waals surface area contributed by atoms with Crippen LogP contribution in [0.2, 0.25) is 5.02 Å². The Morgan fingerprint density at radius 2 is 2.44 bits per heavy atom. The predicted molar refractivity (Wildman–Crippen MR) is 60.9 cm³/mol. The van der Waals surface area contributed by atoms with Gasteiger partial charge >= 0.3 is 5.97 Å². The molecule has 1 aromatic carbocycles. The fourth-order valence-corrected chi connectivity index (χ4v) is 2.11. The van der Waals surface area contributed by atoms with E-state index in [9.17, 15) is 4.79 Å². The molecule has 0 radical (unpaired) electrons. The molecule has 16 heavy (non-hydrogen) atoms. The van der Waals surface area contributed by atoms with Crippen molar-refractivity contribution < 1.29 is 14.3 Å². The topological polar surface area (TPSA) is 35.5 Å². The molecule has 1 heterocycles. The Bertz CT molecular complexity index is 403. The summed E-state index contributed by atoms with van der Waals surface area (Å²) >= 11 is 5.94. The quantitative estimate of drug-likeness (QED) is 0.746. The van der Waals surface area contributed by atoms with E-state index >= 15 is 0 Å². The minimum absolute atomic E-state index is 0.148. The molecular formula is C12H13ClO3. The van der Waals surface area contributed by atoms with Crippen molar-refractivity contribution in [3.05, 3.63) is 28.8 Å². The van der Waals surface area contributed by atoms with Gasteiger partial charge in [-0.05, 0) is 30.2 Å². The van der Waals surface area contributed by atoms with Crippen molar-refractivity contribution in [2.45, 2.75) is 18.8 Å². The van der Waals surface area contributed by atoms with Gasteiger partial charge in [0, 0.05) is 10.9 Å². The number of halogens is 1. The lowest BCUT2D eigenvalue weighted by Crippen LogP contribution is -2.17. The summed E-state index contributed by atoms with van der Waals surface area (Å²) in [7, 11) is 1.40. The molecule has 3 nitrogen and oxygen atoms in total. The van der Waals surface area contributed by atoms with Crippen molar-refractivity contribution in [2.75, 3.05) is 13.7 Å². The molecule has 4 heteroatoms. The van der Waals surface area contributed by atoms with E-state index in [1.807, 2.05) is 12.1 Å². The van der Waals surface area contributed by atoms with Gasteiger partial charge in [-0.25, -0.2) is 0 Å². The van der Waals surface area contributed by atoms with Crippen LogP contribution in [0, 0.1) is 0 Å². The maximum absolute atomic E-state index is 11.3. The van der Waals surface area contributed by atoms with Crippen LogP contribution in [0.25, 0.3) is 0 Å². The second-order valence-corrected chi connectivity index (χ2v) is 4.23. The van der Waals surface area contributed by atoms with Gasteiger partial charge in [0.25, 0.3) is 0 Å². The van der Waals surface area contributed by atoms with Crippen LogP contribution in [-0.2, 0) is 9.53 Å². The van der Waals surface area contributed by atoms with Gasteiger partial charge in [0.15, 0.2) is 0 Å². The van der Waals surface area contributed by atoms with Gasteiger partial charge in [-0.3, -0.25) is 4.79 Å². The van der Waals surface area contributed by atoms with Gasteiger partial charge < -0.3 is 9.47 Å². The summed E-state index contributed by atoms with van der Waals surface area (Å²) in [6.45, 7) is 0.635. The Morgan fingerprint density at radius 3 is 3.19 bits per heavy atom. The second kappa shape index (κ2) is 4.74. The first-order chi connectivity index (χ1) is 7.70. The van der Waals surface area contributed by atoms with Gasteiger partial charge in [0.05, 0.1) is 20.1 Å². The molecule has 1 atom stereocenters. The van der Waals surface area contributed by atoms with E-state index in [4.69, 9.17) is 16.3 Å². The minimum atomic E-state index is -0.196. The van der Waals surface area contributed by atoms with E-state index in [0.717, 1.165) is 17.7 Å². The normalized spacial score (nSPS) is 18.5. The molecule has 0 N–H and O–H groups in total. The summed E-state index contributed by atoms with van der Waals surface area (Å²) in [4.78, 5) is 11.3. The molecule has 2 rings (SSSR count). The van der Waals surface area contributed by atoms with Crippen molar-refractivity contribution in [1.82, 2.24) is 0 Å². The Balaban J connectivity index is 2.24. The molecule has 1 aliphatic rings. The standard InChI is InChI=1S/C12H13ClO3/c1-15-12(14)6-8-4-5-16-11-3-2-9(13)7-10(8)11/h2-3,7-8H,4-6H2,1H3. The van der Waals surface area contributed by atoms with Gasteiger partial charge in [0.2, 0.25) is 0 Å². The summed E-state index contributed by atoms with van der Waals surface area (Å²) in [5.41, 5.74) is 1.00. The minimum Gasteiger partial charge on any atom is -0.493 e. The van der Waals surface area contributed by atoms with Crippen molar-refractivity contribution >= 4 is 17.6 Å². The zero-order valence-corrected chi connectivity index (χ0v) is 9.79. The van der Waals surface area contributed by atoms with Crippen molar-refractivity contribution in [3.63, 3.8) is 0 Å². The lowest BCUT2D eigenvalue weighted by Gasteiger charge is -2.25. The van der Waals surface area contributed by atoms with Crippen LogP contribution in [0.4, 0.5) is 0 Å². The first-order valence-electron chi connectivity index (χ1n) is 5.20. The number of benzene rings is 1.